The Morgan fingerprint density at radius 2 is 1.91 bits per heavy atom. The third-order valence-electron chi connectivity index (χ3n) is 3.81. The summed E-state index contributed by atoms with van der Waals surface area (Å²) in [5.41, 5.74) is 2.04. The van der Waals surface area contributed by atoms with Gasteiger partial charge in [-0.2, -0.15) is 4.31 Å². The molecule has 0 unspecified atom stereocenters. The van der Waals surface area contributed by atoms with Gasteiger partial charge in [-0.3, -0.25) is 9.88 Å². The first kappa shape index (κ1) is 17.0. The van der Waals surface area contributed by atoms with Crippen molar-refractivity contribution in [2.45, 2.75) is 17.7 Å². The number of hydrogen-bond acceptors (Lipinski definition) is 5. The van der Waals surface area contributed by atoms with Crippen molar-refractivity contribution in [2.24, 2.45) is 0 Å². The molecule has 1 saturated heterocycles. The van der Waals surface area contributed by atoms with Gasteiger partial charge in [0.15, 0.2) is 0 Å². The molecule has 2 aromatic heterocycles. The van der Waals surface area contributed by atoms with E-state index in [0.717, 1.165) is 34.8 Å². The Labute approximate surface area is 149 Å². The van der Waals surface area contributed by atoms with Crippen molar-refractivity contribution in [3.8, 4) is 0 Å². The lowest BCUT2D eigenvalue weighted by atomic mass is 10.2. The van der Waals surface area contributed by atoms with Gasteiger partial charge in [-0.1, -0.05) is 6.07 Å². The maximum Gasteiger partial charge on any atom is 0.252 e. The first-order valence-electron chi connectivity index (χ1n) is 7.35. The van der Waals surface area contributed by atoms with E-state index in [2.05, 4.69) is 25.8 Å². The Balaban J connectivity index is 1.62. The van der Waals surface area contributed by atoms with Crippen molar-refractivity contribution in [1.82, 2.24) is 14.2 Å². The lowest BCUT2D eigenvalue weighted by Gasteiger charge is -2.33. The molecule has 8 heteroatoms. The fourth-order valence-corrected chi connectivity index (χ4v) is 6.19. The van der Waals surface area contributed by atoms with Crippen LogP contribution >= 0.6 is 27.3 Å². The third-order valence-corrected chi connectivity index (χ3v) is 7.80. The largest absolute Gasteiger partial charge is 0.295 e. The zero-order chi connectivity index (χ0) is 16.4. The van der Waals surface area contributed by atoms with E-state index in [1.165, 1.54) is 11.3 Å². The second-order valence-corrected chi connectivity index (χ2v) is 10.1. The van der Waals surface area contributed by atoms with E-state index < -0.39 is 10.0 Å². The quantitative estimate of drug-likeness (QED) is 0.769. The molecule has 0 saturated carbocycles. The molecule has 0 amide bonds. The normalized spacial score (nSPS) is 17.5. The number of nitrogens with zero attached hydrogens (tertiary/aromatic N) is 3. The summed E-state index contributed by atoms with van der Waals surface area (Å²) in [5.74, 6) is 0. The molecule has 0 aromatic carbocycles. The van der Waals surface area contributed by atoms with Crippen molar-refractivity contribution in [3.05, 3.63) is 45.5 Å². The summed E-state index contributed by atoms with van der Waals surface area (Å²) < 4.78 is 28.0. The van der Waals surface area contributed by atoms with Crippen molar-refractivity contribution in [1.29, 1.82) is 0 Å². The molecule has 1 aliphatic rings. The molecule has 0 aliphatic carbocycles. The molecular formula is C15H18BrN3O2S2. The number of pyridine rings is 1. The van der Waals surface area contributed by atoms with Crippen LogP contribution in [0.1, 0.15) is 11.4 Å². The molecule has 23 heavy (non-hydrogen) atoms. The van der Waals surface area contributed by atoms with E-state index in [0.29, 0.717) is 17.3 Å². The standard InChI is InChI=1S/C15H18BrN3O2S2/c1-12-3-2-4-13(17-12)11-18-7-9-19(10-8-18)23(20,21)15-6-5-14(16)22-15/h2-6H,7-11H2,1H3. The van der Waals surface area contributed by atoms with E-state index in [9.17, 15) is 8.42 Å². The lowest BCUT2D eigenvalue weighted by molar-refractivity contribution is 0.180. The summed E-state index contributed by atoms with van der Waals surface area (Å²) in [5, 5.41) is 0. The maximum absolute atomic E-state index is 12.6. The molecule has 1 aliphatic heterocycles. The maximum atomic E-state index is 12.6. The molecule has 5 nitrogen and oxygen atoms in total. The Hall–Kier alpha value is -0.800. The van der Waals surface area contributed by atoms with Gasteiger partial charge in [0.2, 0.25) is 0 Å². The third kappa shape index (κ3) is 4.00. The molecule has 0 bridgehead atoms. The smallest absolute Gasteiger partial charge is 0.252 e. The fourth-order valence-electron chi connectivity index (χ4n) is 2.61. The second-order valence-electron chi connectivity index (χ2n) is 5.51. The van der Waals surface area contributed by atoms with Crippen LogP contribution in [0.4, 0.5) is 0 Å². The highest BCUT2D eigenvalue weighted by Gasteiger charge is 2.29. The first-order valence-corrected chi connectivity index (χ1v) is 10.4. The van der Waals surface area contributed by atoms with Crippen molar-refractivity contribution >= 4 is 37.3 Å². The van der Waals surface area contributed by atoms with Gasteiger partial charge in [-0.15, -0.1) is 11.3 Å². The number of halogens is 1. The van der Waals surface area contributed by atoms with Crippen LogP contribution in [0.2, 0.25) is 0 Å². The monoisotopic (exact) mass is 415 g/mol. The topological polar surface area (TPSA) is 53.5 Å². The molecule has 3 rings (SSSR count). The average molecular weight is 416 g/mol. The SMILES string of the molecule is Cc1cccc(CN2CCN(S(=O)(=O)c3ccc(Br)s3)CC2)n1. The molecule has 0 spiro atoms. The number of rotatable bonds is 4. The summed E-state index contributed by atoms with van der Waals surface area (Å²) in [6.07, 6.45) is 0. The molecule has 0 N–H and O–H groups in total. The van der Waals surface area contributed by atoms with Gasteiger partial charge in [0.05, 0.1) is 9.48 Å². The van der Waals surface area contributed by atoms with Gasteiger partial charge >= 0.3 is 0 Å². The number of aryl methyl sites for hydroxylation is 1. The van der Waals surface area contributed by atoms with Crippen LogP contribution in [-0.2, 0) is 16.6 Å². The molecular weight excluding hydrogens is 398 g/mol. The minimum atomic E-state index is -3.36. The number of sulfonamides is 1. The van der Waals surface area contributed by atoms with Crippen LogP contribution in [0.3, 0.4) is 0 Å². The minimum Gasteiger partial charge on any atom is -0.295 e. The molecule has 2 aromatic rings. The molecule has 1 fully saturated rings. The van der Waals surface area contributed by atoms with Crippen LogP contribution in [0.5, 0.6) is 0 Å². The summed E-state index contributed by atoms with van der Waals surface area (Å²) >= 11 is 4.58. The first-order chi connectivity index (χ1) is 10.9. The zero-order valence-electron chi connectivity index (χ0n) is 12.8. The highest BCUT2D eigenvalue weighted by Crippen LogP contribution is 2.29. The van der Waals surface area contributed by atoms with E-state index in [4.69, 9.17) is 0 Å². The van der Waals surface area contributed by atoms with Gasteiger partial charge < -0.3 is 0 Å². The van der Waals surface area contributed by atoms with Gasteiger partial charge in [-0.05, 0) is 47.1 Å². The van der Waals surface area contributed by atoms with Crippen molar-refractivity contribution in [2.75, 3.05) is 26.2 Å². The highest BCUT2D eigenvalue weighted by atomic mass is 79.9. The second kappa shape index (κ2) is 6.98. The summed E-state index contributed by atoms with van der Waals surface area (Å²) in [4.78, 5) is 6.76. The number of thiophene rings is 1. The Morgan fingerprint density at radius 1 is 1.17 bits per heavy atom. The van der Waals surface area contributed by atoms with Crippen LogP contribution in [-0.4, -0.2) is 48.8 Å². The van der Waals surface area contributed by atoms with Crippen LogP contribution in [0.25, 0.3) is 0 Å². The van der Waals surface area contributed by atoms with Gasteiger partial charge in [-0.25, -0.2) is 8.42 Å². The van der Waals surface area contributed by atoms with Crippen LogP contribution < -0.4 is 0 Å². The highest BCUT2D eigenvalue weighted by molar-refractivity contribution is 9.11. The molecule has 0 atom stereocenters. The van der Waals surface area contributed by atoms with Gasteiger partial charge in [0.1, 0.15) is 4.21 Å². The van der Waals surface area contributed by atoms with E-state index in [-0.39, 0.29) is 0 Å². The minimum absolute atomic E-state index is 0.401. The summed E-state index contributed by atoms with van der Waals surface area (Å²) in [7, 11) is -3.36. The predicted octanol–water partition coefficient (Wildman–Crippen LogP) is 2.72. The van der Waals surface area contributed by atoms with E-state index in [1.54, 1.807) is 16.4 Å². The number of aromatic nitrogens is 1. The average Bonchev–Trinajstić information content (AvgIpc) is 2.95. The Bertz CT molecular complexity index is 784. The number of hydrogen-bond donors (Lipinski definition) is 0. The Morgan fingerprint density at radius 3 is 2.52 bits per heavy atom. The molecule has 124 valence electrons. The summed E-state index contributed by atoms with van der Waals surface area (Å²) in [6.45, 7) is 5.23. The van der Waals surface area contributed by atoms with Crippen molar-refractivity contribution < 1.29 is 8.42 Å². The predicted molar refractivity (Wildman–Crippen MR) is 95.0 cm³/mol. The van der Waals surface area contributed by atoms with Crippen molar-refractivity contribution in [3.63, 3.8) is 0 Å². The lowest BCUT2D eigenvalue weighted by Crippen LogP contribution is -2.48. The zero-order valence-corrected chi connectivity index (χ0v) is 16.0. The number of piperazine rings is 1. The van der Waals surface area contributed by atoms with Gasteiger partial charge in [0.25, 0.3) is 10.0 Å². The van der Waals surface area contributed by atoms with Crippen LogP contribution in [0, 0.1) is 6.92 Å². The summed E-state index contributed by atoms with van der Waals surface area (Å²) in [6, 6.07) is 9.43. The Kier molecular flexibility index (Phi) is 5.17. The van der Waals surface area contributed by atoms with E-state index in [1.807, 2.05) is 25.1 Å². The van der Waals surface area contributed by atoms with Crippen LogP contribution in [0.15, 0.2) is 38.3 Å². The molecule has 3 heterocycles. The fraction of sp³-hybridized carbons (Fsp3) is 0.400. The molecule has 0 radical (unpaired) electrons. The van der Waals surface area contributed by atoms with E-state index >= 15 is 0 Å². The van der Waals surface area contributed by atoms with Gasteiger partial charge in [0, 0.05) is 38.4 Å².